The van der Waals surface area contributed by atoms with Crippen molar-refractivity contribution in [1.29, 1.82) is 0 Å². The van der Waals surface area contributed by atoms with Crippen molar-refractivity contribution in [2.75, 3.05) is 32.1 Å². The molecule has 0 bridgehead atoms. The maximum absolute atomic E-state index is 5.51. The quantitative estimate of drug-likeness (QED) is 0.805. The zero-order valence-corrected chi connectivity index (χ0v) is 12.2. The lowest BCUT2D eigenvalue weighted by Crippen LogP contribution is -2.29. The van der Waals surface area contributed by atoms with E-state index in [4.69, 9.17) is 4.74 Å². The van der Waals surface area contributed by atoms with Gasteiger partial charge in [0.2, 0.25) is 0 Å². The first kappa shape index (κ1) is 15.0. The first-order valence-electron chi connectivity index (χ1n) is 6.66. The fourth-order valence-electron chi connectivity index (χ4n) is 1.87. The normalized spacial score (nSPS) is 14.3. The van der Waals surface area contributed by atoms with Gasteiger partial charge in [-0.05, 0) is 38.5 Å². The molecule has 0 amide bonds. The van der Waals surface area contributed by atoms with Gasteiger partial charge in [-0.2, -0.15) is 0 Å². The SMILES string of the molecule is CCOC(C)CNC(C)c1ccc(N(C)C)cc1. The highest BCUT2D eigenvalue weighted by Gasteiger charge is 2.07. The molecule has 1 N–H and O–H groups in total. The van der Waals surface area contributed by atoms with Crippen molar-refractivity contribution >= 4 is 5.69 Å². The van der Waals surface area contributed by atoms with Crippen molar-refractivity contribution in [2.45, 2.75) is 32.9 Å². The van der Waals surface area contributed by atoms with Crippen molar-refractivity contribution in [3.63, 3.8) is 0 Å². The molecule has 1 aromatic rings. The van der Waals surface area contributed by atoms with E-state index in [9.17, 15) is 0 Å². The third-order valence-electron chi connectivity index (χ3n) is 3.07. The monoisotopic (exact) mass is 250 g/mol. The Labute approximate surface area is 111 Å². The molecule has 0 saturated carbocycles. The average molecular weight is 250 g/mol. The molecule has 1 aromatic carbocycles. The van der Waals surface area contributed by atoms with Gasteiger partial charge in [0.25, 0.3) is 0 Å². The standard InChI is InChI=1S/C15H26N2O/c1-6-18-12(2)11-16-13(3)14-7-9-15(10-8-14)17(4)5/h7-10,12-13,16H,6,11H2,1-5H3. The molecule has 1 rings (SSSR count). The summed E-state index contributed by atoms with van der Waals surface area (Å²) in [5.74, 6) is 0. The molecule has 0 heterocycles. The summed E-state index contributed by atoms with van der Waals surface area (Å²) in [6.45, 7) is 7.96. The van der Waals surface area contributed by atoms with Gasteiger partial charge in [0, 0.05) is 39.0 Å². The maximum Gasteiger partial charge on any atom is 0.0671 e. The van der Waals surface area contributed by atoms with Gasteiger partial charge in [-0.15, -0.1) is 0 Å². The molecule has 0 fully saturated rings. The zero-order chi connectivity index (χ0) is 13.5. The van der Waals surface area contributed by atoms with Crippen LogP contribution in [0.4, 0.5) is 5.69 Å². The first-order chi connectivity index (χ1) is 8.54. The molecule has 102 valence electrons. The Kier molecular flexibility index (Phi) is 6.16. The molecule has 0 aliphatic heterocycles. The van der Waals surface area contributed by atoms with Crippen LogP contribution in [-0.2, 0) is 4.74 Å². The Balaban J connectivity index is 2.48. The third-order valence-corrected chi connectivity index (χ3v) is 3.07. The van der Waals surface area contributed by atoms with Gasteiger partial charge in [-0.1, -0.05) is 12.1 Å². The molecule has 3 nitrogen and oxygen atoms in total. The van der Waals surface area contributed by atoms with Crippen LogP contribution in [0.3, 0.4) is 0 Å². The summed E-state index contributed by atoms with van der Waals surface area (Å²) < 4.78 is 5.51. The molecule has 0 radical (unpaired) electrons. The predicted octanol–water partition coefficient (Wildman–Crippen LogP) is 2.83. The molecule has 0 aromatic heterocycles. The molecule has 0 aliphatic rings. The Morgan fingerprint density at radius 3 is 2.28 bits per heavy atom. The van der Waals surface area contributed by atoms with E-state index in [0.717, 1.165) is 13.2 Å². The number of nitrogens with one attached hydrogen (secondary N) is 1. The van der Waals surface area contributed by atoms with E-state index in [1.54, 1.807) is 0 Å². The van der Waals surface area contributed by atoms with E-state index in [2.05, 4.69) is 62.4 Å². The third kappa shape index (κ3) is 4.67. The number of ether oxygens (including phenoxy) is 1. The minimum absolute atomic E-state index is 0.262. The van der Waals surface area contributed by atoms with Crippen molar-refractivity contribution in [1.82, 2.24) is 5.32 Å². The summed E-state index contributed by atoms with van der Waals surface area (Å²) in [6, 6.07) is 9.01. The van der Waals surface area contributed by atoms with Crippen LogP contribution in [0.5, 0.6) is 0 Å². The average Bonchev–Trinajstić information content (AvgIpc) is 2.36. The largest absolute Gasteiger partial charge is 0.378 e. The van der Waals surface area contributed by atoms with Crippen molar-refractivity contribution in [3.05, 3.63) is 29.8 Å². The van der Waals surface area contributed by atoms with E-state index in [1.807, 2.05) is 6.92 Å². The van der Waals surface area contributed by atoms with E-state index in [1.165, 1.54) is 11.3 Å². The number of rotatable bonds is 7. The van der Waals surface area contributed by atoms with Gasteiger partial charge in [-0.25, -0.2) is 0 Å². The lowest BCUT2D eigenvalue weighted by molar-refractivity contribution is 0.0743. The molecule has 2 atom stereocenters. The first-order valence-corrected chi connectivity index (χ1v) is 6.66. The summed E-state index contributed by atoms with van der Waals surface area (Å²) in [6.07, 6.45) is 0.262. The van der Waals surface area contributed by atoms with Crippen LogP contribution in [-0.4, -0.2) is 33.4 Å². The molecule has 18 heavy (non-hydrogen) atoms. The zero-order valence-electron chi connectivity index (χ0n) is 12.2. The van der Waals surface area contributed by atoms with Crippen LogP contribution in [0.1, 0.15) is 32.4 Å². The van der Waals surface area contributed by atoms with Crippen LogP contribution in [0, 0.1) is 0 Å². The number of hydrogen-bond acceptors (Lipinski definition) is 3. The summed E-state index contributed by atoms with van der Waals surface area (Å²) in [4.78, 5) is 2.11. The Morgan fingerprint density at radius 1 is 1.17 bits per heavy atom. The highest BCUT2D eigenvalue weighted by Crippen LogP contribution is 2.17. The summed E-state index contributed by atoms with van der Waals surface area (Å²) in [5, 5.41) is 3.49. The minimum Gasteiger partial charge on any atom is -0.378 e. The maximum atomic E-state index is 5.51. The smallest absolute Gasteiger partial charge is 0.0671 e. The van der Waals surface area contributed by atoms with Gasteiger partial charge in [-0.3, -0.25) is 0 Å². The molecule has 3 heteroatoms. The van der Waals surface area contributed by atoms with Crippen molar-refractivity contribution in [3.8, 4) is 0 Å². The van der Waals surface area contributed by atoms with Gasteiger partial charge in [0.15, 0.2) is 0 Å². The van der Waals surface area contributed by atoms with Gasteiger partial charge >= 0.3 is 0 Å². The molecule has 0 aliphatic carbocycles. The van der Waals surface area contributed by atoms with Crippen molar-refractivity contribution in [2.24, 2.45) is 0 Å². The van der Waals surface area contributed by atoms with Gasteiger partial charge in [0.05, 0.1) is 6.10 Å². The van der Waals surface area contributed by atoms with Crippen LogP contribution < -0.4 is 10.2 Å². The van der Waals surface area contributed by atoms with E-state index in [-0.39, 0.29) is 6.10 Å². The molecular formula is C15H26N2O. The molecule has 0 spiro atoms. The fourth-order valence-corrected chi connectivity index (χ4v) is 1.87. The summed E-state index contributed by atoms with van der Waals surface area (Å²) >= 11 is 0. The lowest BCUT2D eigenvalue weighted by atomic mass is 10.1. The second kappa shape index (κ2) is 7.39. The number of nitrogens with zero attached hydrogens (tertiary/aromatic N) is 1. The highest BCUT2D eigenvalue weighted by atomic mass is 16.5. The number of hydrogen-bond donors (Lipinski definition) is 1. The summed E-state index contributed by atoms with van der Waals surface area (Å²) in [7, 11) is 4.11. The Morgan fingerprint density at radius 2 is 1.78 bits per heavy atom. The van der Waals surface area contributed by atoms with Gasteiger partial charge < -0.3 is 15.0 Å². The Hall–Kier alpha value is -1.06. The second-order valence-corrected chi connectivity index (χ2v) is 4.88. The number of anilines is 1. The van der Waals surface area contributed by atoms with Crippen LogP contribution in [0.2, 0.25) is 0 Å². The second-order valence-electron chi connectivity index (χ2n) is 4.88. The number of benzene rings is 1. The van der Waals surface area contributed by atoms with Crippen molar-refractivity contribution < 1.29 is 4.74 Å². The van der Waals surface area contributed by atoms with Crippen LogP contribution in [0.15, 0.2) is 24.3 Å². The fraction of sp³-hybridized carbons (Fsp3) is 0.600. The van der Waals surface area contributed by atoms with E-state index >= 15 is 0 Å². The lowest BCUT2D eigenvalue weighted by Gasteiger charge is -2.19. The van der Waals surface area contributed by atoms with E-state index in [0.29, 0.717) is 6.04 Å². The van der Waals surface area contributed by atoms with Crippen LogP contribution in [0.25, 0.3) is 0 Å². The molecule has 0 saturated heterocycles. The van der Waals surface area contributed by atoms with Crippen LogP contribution >= 0.6 is 0 Å². The molecule has 2 unspecified atom stereocenters. The molecular weight excluding hydrogens is 224 g/mol. The Bertz CT molecular complexity index is 335. The van der Waals surface area contributed by atoms with E-state index < -0.39 is 0 Å². The topological polar surface area (TPSA) is 24.5 Å². The summed E-state index contributed by atoms with van der Waals surface area (Å²) in [5.41, 5.74) is 2.54. The van der Waals surface area contributed by atoms with Gasteiger partial charge in [0.1, 0.15) is 0 Å². The minimum atomic E-state index is 0.262. The highest BCUT2D eigenvalue weighted by molar-refractivity contribution is 5.46. The predicted molar refractivity (Wildman–Crippen MR) is 78.3 cm³/mol.